The van der Waals surface area contributed by atoms with E-state index in [0.29, 0.717) is 6.42 Å². The van der Waals surface area contributed by atoms with E-state index in [-0.39, 0.29) is 0 Å². The predicted molar refractivity (Wildman–Crippen MR) is 79.5 cm³/mol. The molecule has 18 heavy (non-hydrogen) atoms. The van der Waals surface area contributed by atoms with Crippen LogP contribution >= 0.6 is 7.14 Å². The summed E-state index contributed by atoms with van der Waals surface area (Å²) in [5.41, 5.74) is 0. The quantitative estimate of drug-likeness (QED) is 0.746. The summed E-state index contributed by atoms with van der Waals surface area (Å²) in [7, 11) is -2.86. The Morgan fingerprint density at radius 2 is 1.39 bits per heavy atom. The second-order valence-corrected chi connectivity index (χ2v) is 7.01. The van der Waals surface area contributed by atoms with Crippen molar-refractivity contribution in [2.24, 2.45) is 0 Å². The highest BCUT2D eigenvalue weighted by Gasteiger charge is 2.25. The van der Waals surface area contributed by atoms with Gasteiger partial charge >= 0.3 is 0 Å². The topological polar surface area (TPSA) is 17.1 Å². The van der Waals surface area contributed by atoms with Crippen LogP contribution in [0, 0.1) is 0 Å². The molecule has 0 N–H and O–H groups in total. The highest BCUT2D eigenvalue weighted by atomic mass is 31.2. The maximum atomic E-state index is 13.5. The van der Waals surface area contributed by atoms with Gasteiger partial charge in [0.05, 0.1) is 0 Å². The second kappa shape index (κ2) is 6.02. The van der Waals surface area contributed by atoms with Gasteiger partial charge in [0.25, 0.3) is 0 Å². The molecular weight excluding hydrogens is 239 g/mol. The summed E-state index contributed by atoms with van der Waals surface area (Å²) in [4.78, 5) is 0. The lowest BCUT2D eigenvalue weighted by atomic mass is 10.4. The van der Waals surface area contributed by atoms with Crippen LogP contribution in [0.4, 0.5) is 0 Å². The third-order valence-corrected chi connectivity index (χ3v) is 5.86. The van der Waals surface area contributed by atoms with Crippen LogP contribution in [-0.2, 0) is 4.57 Å². The third kappa shape index (κ3) is 2.73. The molecule has 94 valence electrons. The molecule has 0 aliphatic carbocycles. The minimum atomic E-state index is -2.86. The van der Waals surface area contributed by atoms with Gasteiger partial charge in [-0.05, 0) is 6.42 Å². The Hall–Kier alpha value is -1.33. The van der Waals surface area contributed by atoms with Gasteiger partial charge in [-0.15, -0.1) is 0 Å². The van der Waals surface area contributed by atoms with Gasteiger partial charge in [-0.2, -0.15) is 0 Å². The fourth-order valence-electron chi connectivity index (χ4n) is 1.97. The number of hydrogen-bond donors (Lipinski definition) is 0. The van der Waals surface area contributed by atoms with Crippen LogP contribution in [0.15, 0.2) is 60.7 Å². The van der Waals surface area contributed by atoms with Crippen LogP contribution in [-0.4, -0.2) is 6.14 Å². The Bertz CT molecular complexity index is 510. The Morgan fingerprint density at radius 1 is 0.944 bits per heavy atom. The lowest BCUT2D eigenvalue weighted by Crippen LogP contribution is -2.18. The predicted octanol–water partition coefficient (Wildman–Crippen LogP) is 3.80. The van der Waals surface area contributed by atoms with Gasteiger partial charge in [0.2, 0.25) is 0 Å². The molecule has 0 aromatic heterocycles. The summed E-state index contributed by atoms with van der Waals surface area (Å²) in [6.07, 6.45) is 0.959. The molecule has 1 nitrogen and oxygen atoms in total. The molecule has 0 saturated carbocycles. The van der Waals surface area contributed by atoms with Gasteiger partial charge in [0.1, 0.15) is 7.14 Å². The summed E-state index contributed by atoms with van der Waals surface area (Å²) in [6, 6.07) is 18.9. The average Bonchev–Trinajstić information content (AvgIpc) is 2.48. The van der Waals surface area contributed by atoms with Gasteiger partial charge in [-0.3, -0.25) is 0 Å². The van der Waals surface area contributed by atoms with Crippen molar-refractivity contribution in [3.8, 4) is 0 Å². The molecule has 2 heteroatoms. The van der Waals surface area contributed by atoms with Crippen molar-refractivity contribution in [3.63, 3.8) is 0 Å². The molecule has 0 radical (unpaired) electrons. The molecule has 2 aromatic rings. The van der Waals surface area contributed by atoms with E-state index in [1.165, 1.54) is 0 Å². The Kier molecular flexibility index (Phi) is 3.93. The van der Waals surface area contributed by atoms with Crippen molar-refractivity contribution in [1.82, 2.24) is 0 Å². The van der Waals surface area contributed by atoms with E-state index in [9.17, 15) is 4.57 Å². The molecule has 0 aliphatic heterocycles. The van der Waals surface area contributed by atoms with Crippen molar-refractivity contribution in [1.29, 1.82) is 0 Å². The largest absolute Gasteiger partial charge is 0.314 e. The van der Waals surface area contributed by atoms with Crippen LogP contribution in [0.2, 0.25) is 0 Å². The summed E-state index contributed by atoms with van der Waals surface area (Å²) in [6.45, 7) is 2.03. The van der Waals surface area contributed by atoms with E-state index >= 15 is 0 Å². The van der Waals surface area contributed by atoms with E-state index in [0.717, 1.165) is 17.0 Å². The van der Waals surface area contributed by atoms with Crippen molar-refractivity contribution < 1.29 is 5.94 Å². The minimum absolute atomic E-state index is 0.567. The van der Waals surface area contributed by atoms with Gasteiger partial charge in [-0.25, -0.2) is 0 Å². The number of benzene rings is 2. The standard InChI is InChI=1S/C16H19OP/c1-2-3-14-18(17,15-10-6-4-7-11-15)16-12-8-5-9-13-16/h4-13H,2-3,14H2,1H3/i14D. The third-order valence-electron chi connectivity index (χ3n) is 2.95. The molecule has 0 spiro atoms. The number of hydrogen-bond acceptors (Lipinski definition) is 1. The molecule has 1 unspecified atom stereocenters. The molecular formula is C16H19OP. The molecule has 0 bridgehead atoms. The van der Waals surface area contributed by atoms with E-state index in [4.69, 9.17) is 1.37 Å². The van der Waals surface area contributed by atoms with E-state index in [1.807, 2.05) is 67.6 Å². The molecule has 0 heterocycles. The smallest absolute Gasteiger partial charge is 0.143 e. The maximum absolute atomic E-state index is 13.5. The molecule has 0 amide bonds. The van der Waals surface area contributed by atoms with E-state index in [1.54, 1.807) is 0 Å². The molecule has 0 aliphatic rings. The van der Waals surface area contributed by atoms with E-state index in [2.05, 4.69) is 0 Å². The fourth-order valence-corrected chi connectivity index (χ4v) is 4.54. The van der Waals surface area contributed by atoms with Gasteiger partial charge in [0.15, 0.2) is 0 Å². The average molecular weight is 259 g/mol. The van der Waals surface area contributed by atoms with E-state index < -0.39 is 13.3 Å². The van der Waals surface area contributed by atoms with Crippen molar-refractivity contribution in [3.05, 3.63) is 60.7 Å². The van der Waals surface area contributed by atoms with Gasteiger partial charge in [-0.1, -0.05) is 74.0 Å². The van der Waals surface area contributed by atoms with Crippen molar-refractivity contribution >= 4 is 17.8 Å². The first kappa shape index (κ1) is 11.7. The fraction of sp³-hybridized carbons (Fsp3) is 0.250. The number of rotatable bonds is 5. The monoisotopic (exact) mass is 259 g/mol. The first-order valence-corrected chi connectivity index (χ1v) is 8.10. The molecule has 0 fully saturated rings. The molecule has 1 atom stereocenters. The highest BCUT2D eigenvalue weighted by Crippen LogP contribution is 2.43. The SMILES string of the molecule is [2H]C(CCC)P(=O)(c1ccccc1)c1ccccc1. The normalized spacial score (nSPS) is 13.9. The Balaban J connectivity index is 2.54. The van der Waals surface area contributed by atoms with Crippen molar-refractivity contribution in [2.45, 2.75) is 19.8 Å². The van der Waals surface area contributed by atoms with Crippen molar-refractivity contribution in [2.75, 3.05) is 6.14 Å². The summed E-state index contributed by atoms with van der Waals surface area (Å²) >= 11 is 0. The lowest BCUT2D eigenvalue weighted by Gasteiger charge is -2.19. The first-order chi connectivity index (χ1) is 9.19. The van der Waals surface area contributed by atoms with Crippen LogP contribution in [0.25, 0.3) is 0 Å². The molecule has 2 rings (SSSR count). The van der Waals surface area contributed by atoms with Crippen LogP contribution in [0.5, 0.6) is 0 Å². The Labute approximate surface area is 111 Å². The summed E-state index contributed by atoms with van der Waals surface area (Å²) in [5.74, 6) is 0. The summed E-state index contributed by atoms with van der Waals surface area (Å²) < 4.78 is 21.9. The minimum Gasteiger partial charge on any atom is -0.314 e. The zero-order chi connectivity index (χ0) is 13.7. The first-order valence-electron chi connectivity index (χ1n) is 6.90. The molecule has 2 aromatic carbocycles. The lowest BCUT2D eigenvalue weighted by molar-refractivity contribution is 0.585. The van der Waals surface area contributed by atoms with Crippen LogP contribution in [0.3, 0.4) is 0 Å². The van der Waals surface area contributed by atoms with Crippen LogP contribution in [0.1, 0.15) is 21.1 Å². The maximum Gasteiger partial charge on any atom is 0.143 e. The molecule has 0 saturated heterocycles. The summed E-state index contributed by atoms with van der Waals surface area (Å²) in [5, 5.41) is 1.57. The van der Waals surface area contributed by atoms with Gasteiger partial charge < -0.3 is 4.57 Å². The zero-order valence-corrected chi connectivity index (χ0v) is 11.5. The highest BCUT2D eigenvalue weighted by molar-refractivity contribution is 7.78. The van der Waals surface area contributed by atoms with Crippen LogP contribution < -0.4 is 10.6 Å². The van der Waals surface area contributed by atoms with Gasteiger partial charge in [0, 0.05) is 18.1 Å². The Morgan fingerprint density at radius 3 is 1.78 bits per heavy atom. The second-order valence-electron chi connectivity index (χ2n) is 4.30. The zero-order valence-electron chi connectivity index (χ0n) is 11.6.